The van der Waals surface area contributed by atoms with E-state index in [4.69, 9.17) is 9.72 Å². The van der Waals surface area contributed by atoms with Crippen LogP contribution in [0.3, 0.4) is 0 Å². The summed E-state index contributed by atoms with van der Waals surface area (Å²) in [5.41, 5.74) is 2.12. The number of ether oxygens (including phenoxy) is 1. The zero-order chi connectivity index (χ0) is 14.2. The quantitative estimate of drug-likeness (QED) is 0.904. The molecule has 1 aromatic heterocycles. The molecule has 4 heteroatoms. The molecule has 2 heterocycles. The van der Waals surface area contributed by atoms with Gasteiger partial charge in [-0.15, -0.1) is 0 Å². The maximum absolute atomic E-state index is 5.28. The van der Waals surface area contributed by atoms with Crippen LogP contribution in [0.1, 0.15) is 32.5 Å². The molecule has 2 N–H and O–H groups in total. The number of aromatic amines is 1. The molecule has 1 unspecified atom stereocenters. The van der Waals surface area contributed by atoms with Gasteiger partial charge in [0, 0.05) is 11.5 Å². The summed E-state index contributed by atoms with van der Waals surface area (Å²) in [6, 6.07) is 5.99. The van der Waals surface area contributed by atoms with Crippen molar-refractivity contribution < 1.29 is 4.74 Å². The molecule has 1 atom stereocenters. The first kappa shape index (κ1) is 13.4. The summed E-state index contributed by atoms with van der Waals surface area (Å²) in [5.74, 6) is 2.57. The van der Waals surface area contributed by atoms with Gasteiger partial charge in [0.15, 0.2) is 0 Å². The highest BCUT2D eigenvalue weighted by molar-refractivity contribution is 5.77. The summed E-state index contributed by atoms with van der Waals surface area (Å²) in [5, 5.41) is 3.50. The van der Waals surface area contributed by atoms with Gasteiger partial charge in [0.2, 0.25) is 0 Å². The lowest BCUT2D eigenvalue weighted by molar-refractivity contribution is 0.243. The van der Waals surface area contributed by atoms with E-state index in [-0.39, 0.29) is 5.41 Å². The summed E-state index contributed by atoms with van der Waals surface area (Å²) >= 11 is 0. The van der Waals surface area contributed by atoms with Crippen molar-refractivity contribution in [2.45, 2.75) is 32.1 Å². The van der Waals surface area contributed by atoms with E-state index in [0.29, 0.717) is 5.92 Å². The predicted molar refractivity (Wildman–Crippen MR) is 81.3 cm³/mol. The maximum atomic E-state index is 5.28. The van der Waals surface area contributed by atoms with Crippen LogP contribution in [-0.4, -0.2) is 30.2 Å². The van der Waals surface area contributed by atoms with Crippen LogP contribution >= 0.6 is 0 Å². The van der Waals surface area contributed by atoms with Crippen molar-refractivity contribution in [3.63, 3.8) is 0 Å². The second-order valence-corrected chi connectivity index (χ2v) is 6.23. The molecule has 0 saturated carbocycles. The molecular weight excluding hydrogens is 250 g/mol. The van der Waals surface area contributed by atoms with Crippen molar-refractivity contribution >= 4 is 11.0 Å². The van der Waals surface area contributed by atoms with Crippen LogP contribution in [0.5, 0.6) is 5.75 Å². The van der Waals surface area contributed by atoms with Crippen LogP contribution in [0.15, 0.2) is 18.2 Å². The fraction of sp³-hybridized carbons (Fsp3) is 0.562. The number of methoxy groups -OCH3 is 1. The van der Waals surface area contributed by atoms with Crippen LogP contribution in [0.25, 0.3) is 11.0 Å². The molecule has 1 saturated heterocycles. The minimum absolute atomic E-state index is 0.0552. The monoisotopic (exact) mass is 273 g/mol. The standard InChI is InChI=1S/C16H23N3O/c1-16(2,11-5-4-8-17-10-11)15-18-13-7-6-12(20-3)9-14(13)19-15/h6-7,9,11,17H,4-5,8,10H2,1-3H3,(H,18,19). The van der Waals surface area contributed by atoms with Gasteiger partial charge in [-0.3, -0.25) is 0 Å². The molecule has 0 spiro atoms. The zero-order valence-electron chi connectivity index (χ0n) is 12.5. The molecular formula is C16H23N3O. The minimum Gasteiger partial charge on any atom is -0.497 e. The summed E-state index contributed by atoms with van der Waals surface area (Å²) in [4.78, 5) is 8.29. The number of H-pyrrole nitrogens is 1. The summed E-state index contributed by atoms with van der Waals surface area (Å²) < 4.78 is 5.28. The van der Waals surface area contributed by atoms with Crippen LogP contribution in [0.2, 0.25) is 0 Å². The van der Waals surface area contributed by atoms with Crippen LogP contribution in [0, 0.1) is 5.92 Å². The second kappa shape index (κ2) is 5.09. The van der Waals surface area contributed by atoms with Crippen LogP contribution < -0.4 is 10.1 Å². The number of aromatic nitrogens is 2. The lowest BCUT2D eigenvalue weighted by Gasteiger charge is -2.35. The lowest BCUT2D eigenvalue weighted by Crippen LogP contribution is -2.41. The smallest absolute Gasteiger partial charge is 0.121 e. The predicted octanol–water partition coefficient (Wildman–Crippen LogP) is 2.85. The molecule has 108 valence electrons. The van der Waals surface area contributed by atoms with E-state index in [1.54, 1.807) is 7.11 Å². The number of hydrogen-bond acceptors (Lipinski definition) is 3. The number of fused-ring (bicyclic) bond motifs is 1. The van der Waals surface area contributed by atoms with Gasteiger partial charge in [0.1, 0.15) is 11.6 Å². The Labute approximate surface area is 119 Å². The van der Waals surface area contributed by atoms with Gasteiger partial charge >= 0.3 is 0 Å². The largest absolute Gasteiger partial charge is 0.497 e. The van der Waals surface area contributed by atoms with E-state index in [1.807, 2.05) is 18.2 Å². The molecule has 3 rings (SSSR count). The number of imidazole rings is 1. The topological polar surface area (TPSA) is 49.9 Å². The summed E-state index contributed by atoms with van der Waals surface area (Å²) in [6.07, 6.45) is 2.52. The number of hydrogen-bond donors (Lipinski definition) is 2. The average molecular weight is 273 g/mol. The van der Waals surface area contributed by atoms with Gasteiger partial charge in [-0.05, 0) is 44.0 Å². The Bertz CT molecular complexity index is 597. The minimum atomic E-state index is 0.0552. The van der Waals surface area contributed by atoms with E-state index in [0.717, 1.165) is 35.7 Å². The van der Waals surface area contributed by atoms with Crippen LogP contribution in [-0.2, 0) is 5.41 Å². The molecule has 0 amide bonds. The van der Waals surface area contributed by atoms with Crippen molar-refractivity contribution in [2.24, 2.45) is 5.92 Å². The van der Waals surface area contributed by atoms with Gasteiger partial charge < -0.3 is 15.0 Å². The third-order valence-electron chi connectivity index (χ3n) is 4.62. The molecule has 0 radical (unpaired) electrons. The lowest BCUT2D eigenvalue weighted by atomic mass is 9.74. The molecule has 1 aromatic carbocycles. The van der Waals surface area contributed by atoms with E-state index >= 15 is 0 Å². The summed E-state index contributed by atoms with van der Waals surface area (Å²) in [7, 11) is 1.69. The second-order valence-electron chi connectivity index (χ2n) is 6.23. The number of benzene rings is 1. The molecule has 1 aliphatic heterocycles. The average Bonchev–Trinajstić information content (AvgIpc) is 2.91. The van der Waals surface area contributed by atoms with Gasteiger partial charge in [0.05, 0.1) is 18.1 Å². The number of nitrogens with one attached hydrogen (secondary N) is 2. The third-order valence-corrected chi connectivity index (χ3v) is 4.62. The first-order chi connectivity index (χ1) is 9.61. The van der Waals surface area contributed by atoms with E-state index in [9.17, 15) is 0 Å². The molecule has 4 nitrogen and oxygen atoms in total. The van der Waals surface area contributed by atoms with E-state index < -0.39 is 0 Å². The van der Waals surface area contributed by atoms with E-state index in [2.05, 4.69) is 24.1 Å². The first-order valence-corrected chi connectivity index (χ1v) is 7.36. The van der Waals surface area contributed by atoms with Crippen LogP contribution in [0.4, 0.5) is 0 Å². The SMILES string of the molecule is COc1ccc2nc(C(C)(C)C3CCCNC3)[nH]c2c1. The van der Waals surface area contributed by atoms with Crippen molar-refractivity contribution in [1.29, 1.82) is 0 Å². The Kier molecular flexibility index (Phi) is 3.42. The highest BCUT2D eigenvalue weighted by Crippen LogP contribution is 2.35. The Morgan fingerprint density at radius 1 is 1.35 bits per heavy atom. The van der Waals surface area contributed by atoms with Crippen molar-refractivity contribution in [3.05, 3.63) is 24.0 Å². The molecule has 20 heavy (non-hydrogen) atoms. The molecule has 1 fully saturated rings. The fourth-order valence-corrected chi connectivity index (χ4v) is 3.08. The fourth-order valence-electron chi connectivity index (χ4n) is 3.08. The van der Waals surface area contributed by atoms with Gasteiger partial charge in [-0.2, -0.15) is 0 Å². The van der Waals surface area contributed by atoms with Crippen molar-refractivity contribution in [3.8, 4) is 5.75 Å². The van der Waals surface area contributed by atoms with Crippen molar-refractivity contribution in [2.75, 3.05) is 20.2 Å². The molecule has 0 aliphatic carbocycles. The Hall–Kier alpha value is -1.55. The van der Waals surface area contributed by atoms with E-state index in [1.165, 1.54) is 12.8 Å². The number of rotatable bonds is 3. The molecule has 2 aromatic rings. The van der Waals surface area contributed by atoms with Crippen molar-refractivity contribution in [1.82, 2.24) is 15.3 Å². The number of piperidine rings is 1. The Morgan fingerprint density at radius 2 is 2.20 bits per heavy atom. The van der Waals surface area contributed by atoms with Gasteiger partial charge in [0.25, 0.3) is 0 Å². The maximum Gasteiger partial charge on any atom is 0.121 e. The van der Waals surface area contributed by atoms with Gasteiger partial charge in [-0.1, -0.05) is 13.8 Å². The molecule has 0 bridgehead atoms. The summed E-state index contributed by atoms with van der Waals surface area (Å²) in [6.45, 7) is 6.80. The number of nitrogens with zero attached hydrogens (tertiary/aromatic N) is 1. The highest BCUT2D eigenvalue weighted by atomic mass is 16.5. The Morgan fingerprint density at radius 3 is 2.90 bits per heavy atom. The highest BCUT2D eigenvalue weighted by Gasteiger charge is 2.34. The van der Waals surface area contributed by atoms with Gasteiger partial charge in [-0.25, -0.2) is 4.98 Å². The zero-order valence-corrected chi connectivity index (χ0v) is 12.5. The molecule has 1 aliphatic rings. The third kappa shape index (κ3) is 2.29. The normalized spacial score (nSPS) is 20.2. The Balaban J connectivity index is 1.95. The first-order valence-electron chi connectivity index (χ1n) is 7.36.